The van der Waals surface area contributed by atoms with Gasteiger partial charge in [-0.2, -0.15) is 0 Å². The Morgan fingerprint density at radius 1 is 1.19 bits per heavy atom. The Labute approximate surface area is 163 Å². The van der Waals surface area contributed by atoms with Crippen molar-refractivity contribution in [3.63, 3.8) is 0 Å². The summed E-state index contributed by atoms with van der Waals surface area (Å²) < 4.78 is -0.876. The molecule has 0 fully saturated rings. The molecule has 0 radical (unpaired) electrons. The van der Waals surface area contributed by atoms with Crippen molar-refractivity contribution in [3.8, 4) is 0 Å². The first-order valence-electron chi connectivity index (χ1n) is 8.98. The number of urea groups is 1. The Hall–Kier alpha value is -2.47. The van der Waals surface area contributed by atoms with Crippen LogP contribution in [0.3, 0.4) is 0 Å². The largest absolute Gasteiger partial charge is 0.480 e. The third kappa shape index (κ3) is 5.04. The standard InChI is InChI=1S/C21H24N2O3S/c1-21(2,19(24)25)27-18-10-9-14-11-17(12-15(14)13-18)23-20(26)22-16-7-5-3-4-6-8-16/h3-5,7-10,13,17H,6,11-12H2,1-2H3,(H,24,25)(H2,22,23,26). The monoisotopic (exact) mass is 384 g/mol. The fraction of sp³-hybridized carbons (Fsp3) is 0.333. The summed E-state index contributed by atoms with van der Waals surface area (Å²) >= 11 is 1.34. The van der Waals surface area contributed by atoms with Crippen molar-refractivity contribution in [2.45, 2.75) is 48.8 Å². The third-order valence-corrected chi connectivity index (χ3v) is 5.76. The average Bonchev–Trinajstić information content (AvgIpc) is 2.80. The minimum Gasteiger partial charge on any atom is -0.480 e. The predicted octanol–water partition coefficient (Wildman–Crippen LogP) is 3.81. The minimum atomic E-state index is -0.876. The fourth-order valence-electron chi connectivity index (χ4n) is 3.12. The first-order valence-corrected chi connectivity index (χ1v) is 9.80. The zero-order valence-corrected chi connectivity index (χ0v) is 16.3. The average molecular weight is 385 g/mol. The van der Waals surface area contributed by atoms with Crippen LogP contribution in [-0.2, 0) is 17.6 Å². The molecular weight excluding hydrogens is 360 g/mol. The number of amides is 2. The molecule has 0 saturated heterocycles. The van der Waals surface area contributed by atoms with E-state index >= 15 is 0 Å². The summed E-state index contributed by atoms with van der Waals surface area (Å²) in [5.41, 5.74) is 3.17. The first kappa shape index (κ1) is 19.3. The van der Waals surface area contributed by atoms with E-state index in [0.717, 1.165) is 29.9 Å². The Balaban J connectivity index is 1.58. The predicted molar refractivity (Wildman–Crippen MR) is 108 cm³/mol. The van der Waals surface area contributed by atoms with Crippen LogP contribution >= 0.6 is 11.8 Å². The number of hydrogen-bond donors (Lipinski definition) is 3. The highest BCUT2D eigenvalue weighted by molar-refractivity contribution is 8.01. The highest BCUT2D eigenvalue weighted by Crippen LogP contribution is 2.35. The summed E-state index contributed by atoms with van der Waals surface area (Å²) in [6.07, 6.45) is 12.1. The summed E-state index contributed by atoms with van der Waals surface area (Å²) in [4.78, 5) is 24.5. The van der Waals surface area contributed by atoms with Crippen molar-refractivity contribution in [2.24, 2.45) is 0 Å². The molecule has 0 aliphatic heterocycles. The number of benzene rings is 1. The quantitative estimate of drug-likeness (QED) is 0.675. The molecule has 1 aromatic rings. The molecule has 0 aromatic heterocycles. The lowest BCUT2D eigenvalue weighted by Gasteiger charge is -2.18. The van der Waals surface area contributed by atoms with Gasteiger partial charge in [0.25, 0.3) is 0 Å². The van der Waals surface area contributed by atoms with Crippen molar-refractivity contribution < 1.29 is 14.7 Å². The van der Waals surface area contributed by atoms with Crippen LogP contribution < -0.4 is 10.6 Å². The van der Waals surface area contributed by atoms with Gasteiger partial charge in [0.05, 0.1) is 0 Å². The van der Waals surface area contributed by atoms with Crippen molar-refractivity contribution >= 4 is 23.8 Å². The number of nitrogens with one attached hydrogen (secondary N) is 2. The zero-order valence-electron chi connectivity index (χ0n) is 15.5. The molecular formula is C21H24N2O3S. The summed E-state index contributed by atoms with van der Waals surface area (Å²) in [5.74, 6) is -0.832. The molecule has 2 amide bonds. The maximum atomic E-state index is 12.3. The van der Waals surface area contributed by atoms with E-state index in [1.807, 2.05) is 48.6 Å². The summed E-state index contributed by atoms with van der Waals surface area (Å²) in [6, 6.07) is 5.89. The molecule has 0 saturated carbocycles. The lowest BCUT2D eigenvalue weighted by Crippen LogP contribution is -2.41. The lowest BCUT2D eigenvalue weighted by atomic mass is 10.1. The fourth-order valence-corrected chi connectivity index (χ4v) is 4.14. The second kappa shape index (κ2) is 8.05. The topological polar surface area (TPSA) is 78.4 Å². The molecule has 2 aliphatic rings. The van der Waals surface area contributed by atoms with Gasteiger partial charge >= 0.3 is 12.0 Å². The molecule has 0 spiro atoms. The molecule has 2 aliphatic carbocycles. The van der Waals surface area contributed by atoms with Gasteiger partial charge in [0.2, 0.25) is 0 Å². The minimum absolute atomic E-state index is 0.0428. The molecule has 0 heterocycles. The number of carbonyl (C=O) groups excluding carboxylic acids is 1. The molecule has 3 N–H and O–H groups in total. The molecule has 27 heavy (non-hydrogen) atoms. The van der Waals surface area contributed by atoms with Crippen LogP contribution in [0.1, 0.15) is 31.4 Å². The van der Waals surface area contributed by atoms with E-state index in [-0.39, 0.29) is 12.1 Å². The van der Waals surface area contributed by atoms with Gasteiger partial charge in [0.1, 0.15) is 4.75 Å². The van der Waals surface area contributed by atoms with Gasteiger partial charge in [-0.1, -0.05) is 30.4 Å². The number of hydrogen-bond acceptors (Lipinski definition) is 3. The van der Waals surface area contributed by atoms with E-state index < -0.39 is 10.7 Å². The van der Waals surface area contributed by atoms with Crippen LogP contribution in [0.15, 0.2) is 59.2 Å². The number of aliphatic carboxylic acids is 1. The molecule has 5 nitrogen and oxygen atoms in total. The van der Waals surface area contributed by atoms with Crippen molar-refractivity contribution in [1.82, 2.24) is 10.6 Å². The summed E-state index contributed by atoms with van der Waals surface area (Å²) in [5, 5.41) is 15.2. The Morgan fingerprint density at radius 2 is 1.96 bits per heavy atom. The molecule has 3 rings (SSSR count). The van der Waals surface area contributed by atoms with E-state index in [0.29, 0.717) is 0 Å². The summed E-state index contributed by atoms with van der Waals surface area (Å²) in [7, 11) is 0. The van der Waals surface area contributed by atoms with E-state index in [4.69, 9.17) is 0 Å². The van der Waals surface area contributed by atoms with E-state index in [2.05, 4.69) is 10.6 Å². The van der Waals surface area contributed by atoms with Gasteiger partial charge in [0.15, 0.2) is 0 Å². The number of thioether (sulfide) groups is 1. The second-order valence-corrected chi connectivity index (χ2v) is 8.93. The number of rotatable bonds is 5. The Morgan fingerprint density at radius 3 is 2.74 bits per heavy atom. The third-order valence-electron chi connectivity index (χ3n) is 4.59. The number of carboxylic acid groups (broad SMARTS) is 1. The van der Waals surface area contributed by atoms with Crippen LogP contribution in [0.5, 0.6) is 0 Å². The maximum absolute atomic E-state index is 12.3. The SMILES string of the molecule is CC(C)(Sc1ccc2c(c1)CC(NC(=O)NC1=CCC=CC=C1)C2)C(=O)O. The number of allylic oxidation sites excluding steroid dienone is 5. The van der Waals surface area contributed by atoms with E-state index in [1.54, 1.807) is 13.8 Å². The molecule has 1 unspecified atom stereocenters. The summed E-state index contributed by atoms with van der Waals surface area (Å²) in [6.45, 7) is 3.40. The van der Waals surface area contributed by atoms with Gasteiger partial charge in [0, 0.05) is 16.6 Å². The van der Waals surface area contributed by atoms with Crippen LogP contribution in [0.4, 0.5) is 4.79 Å². The van der Waals surface area contributed by atoms with Gasteiger partial charge in [-0.15, -0.1) is 11.8 Å². The maximum Gasteiger partial charge on any atom is 0.319 e. The zero-order chi connectivity index (χ0) is 19.4. The van der Waals surface area contributed by atoms with E-state index in [1.165, 1.54) is 22.9 Å². The van der Waals surface area contributed by atoms with Crippen LogP contribution in [-0.4, -0.2) is 27.9 Å². The molecule has 1 atom stereocenters. The Bertz CT molecular complexity index is 840. The first-order chi connectivity index (χ1) is 12.8. The molecule has 142 valence electrons. The van der Waals surface area contributed by atoms with Crippen molar-refractivity contribution in [2.75, 3.05) is 0 Å². The van der Waals surface area contributed by atoms with Crippen LogP contribution in [0.2, 0.25) is 0 Å². The van der Waals surface area contributed by atoms with E-state index in [9.17, 15) is 14.7 Å². The molecule has 1 aromatic carbocycles. The van der Waals surface area contributed by atoms with Gasteiger partial charge < -0.3 is 15.7 Å². The number of carboxylic acids is 1. The van der Waals surface area contributed by atoms with Gasteiger partial charge in [-0.25, -0.2) is 4.79 Å². The van der Waals surface area contributed by atoms with Gasteiger partial charge in [-0.3, -0.25) is 4.79 Å². The van der Waals surface area contributed by atoms with Crippen molar-refractivity contribution in [1.29, 1.82) is 0 Å². The molecule has 0 bridgehead atoms. The highest BCUT2D eigenvalue weighted by atomic mass is 32.2. The number of carbonyl (C=O) groups is 2. The van der Waals surface area contributed by atoms with Crippen LogP contribution in [0.25, 0.3) is 0 Å². The number of fused-ring (bicyclic) bond motifs is 1. The lowest BCUT2D eigenvalue weighted by molar-refractivity contribution is -0.138. The Kier molecular flexibility index (Phi) is 5.75. The van der Waals surface area contributed by atoms with Gasteiger partial charge in [-0.05, 0) is 62.4 Å². The second-order valence-electron chi connectivity index (χ2n) is 7.23. The smallest absolute Gasteiger partial charge is 0.319 e. The molecule has 6 heteroatoms. The van der Waals surface area contributed by atoms with Crippen molar-refractivity contribution in [3.05, 3.63) is 65.4 Å². The normalized spacial score (nSPS) is 18.4. The highest BCUT2D eigenvalue weighted by Gasteiger charge is 2.29. The van der Waals surface area contributed by atoms with Crippen LogP contribution in [0, 0.1) is 0 Å².